The van der Waals surface area contributed by atoms with Crippen molar-refractivity contribution in [1.29, 1.82) is 0 Å². The Morgan fingerprint density at radius 2 is 0.847 bits per heavy atom. The van der Waals surface area contributed by atoms with E-state index in [1.165, 1.54) is 99.7 Å². The fourth-order valence-electron chi connectivity index (χ4n) is 12.6. The van der Waals surface area contributed by atoms with Gasteiger partial charge in [-0.25, -0.2) is 0 Å². The van der Waals surface area contributed by atoms with E-state index in [1.54, 1.807) is 0 Å². The number of para-hydroxylation sites is 2. The fraction of sp³-hybridized carbons (Fsp3) is 0.0571. The van der Waals surface area contributed by atoms with Crippen LogP contribution < -0.4 is 4.90 Å². The summed E-state index contributed by atoms with van der Waals surface area (Å²) >= 11 is 0. The molecule has 1 aromatic heterocycles. The zero-order valence-corrected chi connectivity index (χ0v) is 40.3. The minimum Gasteiger partial charge on any atom is -0.310 e. The fourth-order valence-corrected chi connectivity index (χ4v) is 12.6. The summed E-state index contributed by atoms with van der Waals surface area (Å²) in [6.45, 7) is 4.75. The van der Waals surface area contributed by atoms with Gasteiger partial charge in [-0.15, -0.1) is 0 Å². The molecule has 72 heavy (non-hydrogen) atoms. The molecule has 14 rings (SSSR count). The molecule has 0 bridgehead atoms. The van der Waals surface area contributed by atoms with Gasteiger partial charge in [0, 0.05) is 38.9 Å². The molecule has 0 fully saturated rings. The molecule has 2 aliphatic rings. The second-order valence-electron chi connectivity index (χ2n) is 20.0. The Kier molecular flexibility index (Phi) is 9.50. The number of hydrogen-bond donors (Lipinski definition) is 0. The zero-order chi connectivity index (χ0) is 48.0. The molecule has 11 aromatic carbocycles. The molecule has 0 radical (unpaired) electrons. The standard InChI is InChI=1S/C70H50N2/c1-69(2)62-31-17-15-28-57(62)58-41-39-54(45-64(58)69)71(53-37-34-47(35-38-53)49-36-43-67-61(44-49)59-29-16-18-33-66(59)72(67)52-26-13-6-14-27-52)55-40-42-60-65(46-55)70(50-22-9-4-10-23-50,51-24-11-5-12-25-51)63-32-19-30-56(68(60)63)48-20-7-3-8-21-48/h3-46H,1-2H3. The third-order valence-corrected chi connectivity index (χ3v) is 15.9. The van der Waals surface area contributed by atoms with Crippen LogP contribution in [0.1, 0.15) is 47.2 Å². The molecule has 0 atom stereocenters. The van der Waals surface area contributed by atoms with Crippen LogP contribution in [0.4, 0.5) is 17.1 Å². The Morgan fingerprint density at radius 3 is 1.57 bits per heavy atom. The van der Waals surface area contributed by atoms with Gasteiger partial charge in [-0.3, -0.25) is 0 Å². The molecule has 0 saturated carbocycles. The van der Waals surface area contributed by atoms with Crippen molar-refractivity contribution >= 4 is 38.9 Å². The molecule has 0 unspecified atom stereocenters. The molecule has 2 nitrogen and oxygen atoms in total. The van der Waals surface area contributed by atoms with Crippen LogP contribution in [0, 0.1) is 0 Å². The maximum atomic E-state index is 2.50. The van der Waals surface area contributed by atoms with Crippen molar-refractivity contribution in [3.05, 3.63) is 300 Å². The van der Waals surface area contributed by atoms with Crippen molar-refractivity contribution in [2.24, 2.45) is 0 Å². The smallest absolute Gasteiger partial charge is 0.0714 e. The normalized spacial score (nSPS) is 13.6. The number of benzene rings is 11. The monoisotopic (exact) mass is 918 g/mol. The lowest BCUT2D eigenvalue weighted by Gasteiger charge is -2.35. The van der Waals surface area contributed by atoms with Gasteiger partial charge >= 0.3 is 0 Å². The third-order valence-electron chi connectivity index (χ3n) is 15.9. The highest BCUT2D eigenvalue weighted by molar-refractivity contribution is 6.10. The summed E-state index contributed by atoms with van der Waals surface area (Å²) in [5.74, 6) is 0. The van der Waals surface area contributed by atoms with Gasteiger partial charge < -0.3 is 9.47 Å². The molecular formula is C70H50N2. The van der Waals surface area contributed by atoms with Crippen LogP contribution in [0.25, 0.3) is 72.0 Å². The Hall–Kier alpha value is -8.98. The second kappa shape index (κ2) is 16.3. The van der Waals surface area contributed by atoms with Crippen LogP contribution in [-0.4, -0.2) is 4.57 Å². The maximum Gasteiger partial charge on any atom is 0.0714 e. The molecule has 0 aliphatic heterocycles. The number of nitrogens with zero attached hydrogens (tertiary/aromatic N) is 2. The Morgan fingerprint density at radius 1 is 0.319 bits per heavy atom. The highest BCUT2D eigenvalue weighted by atomic mass is 15.1. The molecule has 1 heterocycles. The molecule has 2 heteroatoms. The summed E-state index contributed by atoms with van der Waals surface area (Å²) in [4.78, 5) is 2.49. The summed E-state index contributed by atoms with van der Waals surface area (Å²) in [7, 11) is 0. The van der Waals surface area contributed by atoms with Gasteiger partial charge in [-0.05, 0) is 145 Å². The summed E-state index contributed by atoms with van der Waals surface area (Å²) in [6, 6.07) is 99.1. The van der Waals surface area contributed by atoms with Gasteiger partial charge in [-0.1, -0.05) is 214 Å². The first-order valence-corrected chi connectivity index (χ1v) is 25.2. The highest BCUT2D eigenvalue weighted by Gasteiger charge is 2.47. The van der Waals surface area contributed by atoms with Crippen LogP contribution in [0.2, 0.25) is 0 Å². The van der Waals surface area contributed by atoms with E-state index in [2.05, 4.69) is 290 Å². The van der Waals surface area contributed by atoms with Crippen molar-refractivity contribution in [1.82, 2.24) is 4.57 Å². The van der Waals surface area contributed by atoms with Gasteiger partial charge in [0.1, 0.15) is 0 Å². The van der Waals surface area contributed by atoms with E-state index in [4.69, 9.17) is 0 Å². The minimum absolute atomic E-state index is 0.164. The number of aromatic nitrogens is 1. The highest BCUT2D eigenvalue weighted by Crippen LogP contribution is 2.60. The van der Waals surface area contributed by atoms with Crippen LogP contribution in [0.5, 0.6) is 0 Å². The summed E-state index contributed by atoms with van der Waals surface area (Å²) in [5, 5.41) is 2.49. The van der Waals surface area contributed by atoms with Crippen LogP contribution >= 0.6 is 0 Å². The minimum atomic E-state index is -0.590. The molecule has 0 saturated heterocycles. The summed E-state index contributed by atoms with van der Waals surface area (Å²) in [5.41, 5.74) is 23.9. The van der Waals surface area contributed by atoms with E-state index < -0.39 is 5.41 Å². The van der Waals surface area contributed by atoms with Crippen LogP contribution in [0.3, 0.4) is 0 Å². The number of hydrogen-bond acceptors (Lipinski definition) is 1. The maximum absolute atomic E-state index is 2.50. The molecule has 2 aliphatic carbocycles. The number of rotatable bonds is 8. The molecule has 0 amide bonds. The van der Waals surface area contributed by atoms with Crippen molar-refractivity contribution < 1.29 is 0 Å². The number of anilines is 3. The predicted molar refractivity (Wildman–Crippen MR) is 301 cm³/mol. The molecule has 340 valence electrons. The van der Waals surface area contributed by atoms with E-state index >= 15 is 0 Å². The lowest BCUT2D eigenvalue weighted by atomic mass is 9.67. The summed E-state index contributed by atoms with van der Waals surface area (Å²) < 4.78 is 2.38. The first-order chi connectivity index (χ1) is 35.5. The van der Waals surface area contributed by atoms with Gasteiger partial charge in [0.25, 0.3) is 0 Å². The summed E-state index contributed by atoms with van der Waals surface area (Å²) in [6.07, 6.45) is 0. The van der Waals surface area contributed by atoms with Gasteiger partial charge in [0.15, 0.2) is 0 Å². The van der Waals surface area contributed by atoms with E-state index in [9.17, 15) is 0 Å². The van der Waals surface area contributed by atoms with E-state index in [1.807, 2.05) is 0 Å². The largest absolute Gasteiger partial charge is 0.310 e. The quantitative estimate of drug-likeness (QED) is 0.147. The van der Waals surface area contributed by atoms with Crippen molar-refractivity contribution in [3.8, 4) is 50.2 Å². The van der Waals surface area contributed by atoms with Crippen molar-refractivity contribution in [2.75, 3.05) is 4.90 Å². The molecular weight excluding hydrogens is 869 g/mol. The average Bonchev–Trinajstić information content (AvgIpc) is 4.03. The molecule has 0 spiro atoms. The van der Waals surface area contributed by atoms with Crippen molar-refractivity contribution in [2.45, 2.75) is 24.7 Å². The SMILES string of the molecule is CC1(C)c2ccccc2-c2ccc(N(c3ccc(-c4ccc5c(c4)c4ccccc4n5-c4ccccc4)cc3)c3ccc4c(c3)C(c3ccccc3)(c3ccccc3)c3cccc(-c5ccccc5)c3-4)cc21. The second-order valence-corrected chi connectivity index (χ2v) is 20.0. The van der Waals surface area contributed by atoms with E-state index in [0.717, 1.165) is 22.7 Å². The Bertz CT molecular complexity index is 4000. The van der Waals surface area contributed by atoms with Gasteiger partial charge in [0.2, 0.25) is 0 Å². The van der Waals surface area contributed by atoms with Crippen molar-refractivity contribution in [3.63, 3.8) is 0 Å². The Balaban J connectivity index is 0.974. The average molecular weight is 919 g/mol. The van der Waals surface area contributed by atoms with Gasteiger partial charge in [-0.2, -0.15) is 0 Å². The lowest BCUT2D eigenvalue weighted by molar-refractivity contribution is 0.660. The van der Waals surface area contributed by atoms with Crippen LogP contribution in [-0.2, 0) is 10.8 Å². The number of fused-ring (bicyclic) bond motifs is 9. The predicted octanol–water partition coefficient (Wildman–Crippen LogP) is 18.3. The Labute approximate surface area is 421 Å². The first kappa shape index (κ1) is 41.9. The molecule has 12 aromatic rings. The third kappa shape index (κ3) is 6.22. The van der Waals surface area contributed by atoms with Gasteiger partial charge in [0.05, 0.1) is 16.4 Å². The first-order valence-electron chi connectivity index (χ1n) is 25.2. The van der Waals surface area contributed by atoms with E-state index in [0.29, 0.717) is 0 Å². The zero-order valence-electron chi connectivity index (χ0n) is 40.3. The van der Waals surface area contributed by atoms with Crippen LogP contribution in [0.15, 0.2) is 267 Å². The topological polar surface area (TPSA) is 8.17 Å². The van der Waals surface area contributed by atoms with E-state index in [-0.39, 0.29) is 5.41 Å². The lowest BCUT2D eigenvalue weighted by Crippen LogP contribution is -2.28. The molecule has 0 N–H and O–H groups in total.